The average Bonchev–Trinajstić information content (AvgIpc) is 2.60. The molecule has 0 radical (unpaired) electrons. The quantitative estimate of drug-likeness (QED) is 0.713. The van der Waals surface area contributed by atoms with Crippen molar-refractivity contribution in [3.8, 4) is 11.5 Å². The number of hydrogen-bond acceptors (Lipinski definition) is 4. The van der Waals surface area contributed by atoms with Gasteiger partial charge in [-0.1, -0.05) is 24.3 Å². The van der Waals surface area contributed by atoms with Crippen LogP contribution in [0.5, 0.6) is 11.5 Å². The van der Waals surface area contributed by atoms with Gasteiger partial charge in [0.2, 0.25) is 5.91 Å². The Labute approximate surface area is 158 Å². The lowest BCUT2D eigenvalue weighted by Gasteiger charge is -2.15. The van der Waals surface area contributed by atoms with E-state index in [2.05, 4.69) is 10.1 Å². The molecule has 0 saturated heterocycles. The minimum absolute atomic E-state index is 0.00353. The lowest BCUT2D eigenvalue weighted by Crippen LogP contribution is -2.28. The first-order valence-corrected chi connectivity index (χ1v) is 8.21. The van der Waals surface area contributed by atoms with Crippen molar-refractivity contribution in [2.45, 2.75) is 25.7 Å². The third-order valence-electron chi connectivity index (χ3n) is 3.64. The van der Waals surface area contributed by atoms with E-state index in [0.717, 1.165) is 17.7 Å². The van der Waals surface area contributed by atoms with E-state index in [0.29, 0.717) is 11.3 Å². The van der Waals surface area contributed by atoms with Crippen LogP contribution in [0.4, 0.5) is 13.2 Å². The average molecular weight is 397 g/mol. The van der Waals surface area contributed by atoms with Crippen LogP contribution in [0.2, 0.25) is 0 Å². The van der Waals surface area contributed by atoms with E-state index in [1.54, 1.807) is 31.2 Å². The molecule has 0 aromatic heterocycles. The van der Waals surface area contributed by atoms with Gasteiger partial charge in [-0.2, -0.15) is 0 Å². The van der Waals surface area contributed by atoms with E-state index in [-0.39, 0.29) is 24.1 Å². The minimum atomic E-state index is -4.76. The molecule has 28 heavy (non-hydrogen) atoms. The van der Waals surface area contributed by atoms with Gasteiger partial charge in [0.15, 0.2) is 6.61 Å². The van der Waals surface area contributed by atoms with E-state index in [1.165, 1.54) is 12.1 Å². The molecule has 0 aliphatic carbocycles. The fourth-order valence-corrected chi connectivity index (χ4v) is 2.37. The number of carbonyl (C=O) groups excluding carboxylic acids is 1. The Balaban J connectivity index is 1.87. The predicted molar refractivity (Wildman–Crippen MR) is 93.0 cm³/mol. The summed E-state index contributed by atoms with van der Waals surface area (Å²) in [4.78, 5) is 22.6. The molecule has 2 N–H and O–H groups in total. The van der Waals surface area contributed by atoms with Crippen molar-refractivity contribution >= 4 is 11.9 Å². The largest absolute Gasteiger partial charge is 0.573 e. The molecule has 150 valence electrons. The molecule has 1 atom stereocenters. The number of carboxylic acid groups (broad SMARTS) is 1. The van der Waals surface area contributed by atoms with Crippen molar-refractivity contribution in [1.82, 2.24) is 5.32 Å². The first-order chi connectivity index (χ1) is 13.1. The van der Waals surface area contributed by atoms with Gasteiger partial charge in [0.25, 0.3) is 0 Å². The highest BCUT2D eigenvalue weighted by molar-refractivity contribution is 5.79. The van der Waals surface area contributed by atoms with Crippen LogP contribution in [0.15, 0.2) is 48.5 Å². The van der Waals surface area contributed by atoms with Crippen LogP contribution < -0.4 is 14.8 Å². The van der Waals surface area contributed by atoms with Gasteiger partial charge in [-0.15, -0.1) is 13.2 Å². The van der Waals surface area contributed by atoms with Crippen LogP contribution >= 0.6 is 0 Å². The third-order valence-corrected chi connectivity index (χ3v) is 3.64. The zero-order valence-corrected chi connectivity index (χ0v) is 14.8. The smallest absolute Gasteiger partial charge is 0.482 e. The monoisotopic (exact) mass is 397 g/mol. The van der Waals surface area contributed by atoms with E-state index in [9.17, 15) is 22.8 Å². The molecule has 0 bridgehead atoms. The summed E-state index contributed by atoms with van der Waals surface area (Å²) in [7, 11) is 0. The molecule has 0 aliphatic heterocycles. The number of carbonyl (C=O) groups is 2. The first kappa shape index (κ1) is 21.1. The molecule has 2 aromatic carbocycles. The molecule has 9 heteroatoms. The molecular weight excluding hydrogens is 379 g/mol. The summed E-state index contributed by atoms with van der Waals surface area (Å²) in [6.45, 7) is 1.32. The van der Waals surface area contributed by atoms with Gasteiger partial charge in [0, 0.05) is 0 Å². The molecule has 0 fully saturated rings. The number of hydrogen-bond donors (Lipinski definition) is 2. The van der Waals surface area contributed by atoms with Crippen molar-refractivity contribution in [2.75, 3.05) is 6.61 Å². The second-order valence-corrected chi connectivity index (χ2v) is 5.91. The number of aliphatic carboxylic acids is 1. The maximum Gasteiger partial charge on any atom is 0.573 e. The molecular formula is C19H18F3NO5. The minimum Gasteiger partial charge on any atom is -0.482 e. The van der Waals surface area contributed by atoms with Gasteiger partial charge >= 0.3 is 12.3 Å². The molecule has 0 spiro atoms. The third kappa shape index (κ3) is 7.18. The standard InChI is InChI=1S/C19H18F3NO5/c1-12(14-4-8-15(9-5-14)27-11-18(25)26)23-17(24)10-13-2-6-16(7-3-13)28-19(20,21)22/h2-9,12H,10-11H2,1H3,(H,23,24)(H,25,26). The normalized spacial score (nSPS) is 12.1. The lowest BCUT2D eigenvalue weighted by molar-refractivity contribution is -0.274. The maximum atomic E-state index is 12.1. The second-order valence-electron chi connectivity index (χ2n) is 5.91. The van der Waals surface area contributed by atoms with Crippen LogP contribution in [-0.4, -0.2) is 30.0 Å². The van der Waals surface area contributed by atoms with Crippen LogP contribution in [0, 0.1) is 0 Å². The molecule has 1 unspecified atom stereocenters. The Hall–Kier alpha value is -3.23. The number of halogens is 3. The number of benzene rings is 2. The summed E-state index contributed by atoms with van der Waals surface area (Å²) < 4.78 is 45.2. The lowest BCUT2D eigenvalue weighted by atomic mass is 10.1. The molecule has 0 heterocycles. The van der Waals surface area contributed by atoms with Gasteiger partial charge in [-0.3, -0.25) is 4.79 Å². The summed E-state index contributed by atoms with van der Waals surface area (Å²) in [6, 6.07) is 11.3. The van der Waals surface area contributed by atoms with Gasteiger partial charge in [-0.05, 0) is 42.3 Å². The van der Waals surface area contributed by atoms with Gasteiger partial charge in [-0.25, -0.2) is 4.79 Å². The highest BCUT2D eigenvalue weighted by atomic mass is 19.4. The SMILES string of the molecule is CC(NC(=O)Cc1ccc(OC(F)(F)F)cc1)c1ccc(OCC(=O)O)cc1. The van der Waals surface area contributed by atoms with Crippen LogP contribution in [0.25, 0.3) is 0 Å². The van der Waals surface area contributed by atoms with E-state index < -0.39 is 18.9 Å². The Morgan fingerprint density at radius 3 is 2.14 bits per heavy atom. The van der Waals surface area contributed by atoms with Crippen molar-refractivity contribution in [1.29, 1.82) is 0 Å². The summed E-state index contributed by atoms with van der Waals surface area (Å²) >= 11 is 0. The fourth-order valence-electron chi connectivity index (χ4n) is 2.37. The van der Waals surface area contributed by atoms with Gasteiger partial charge < -0.3 is 19.9 Å². The number of nitrogens with one attached hydrogen (secondary N) is 1. The predicted octanol–water partition coefficient (Wildman–Crippen LogP) is 3.47. The highest BCUT2D eigenvalue weighted by Gasteiger charge is 2.30. The molecule has 2 aromatic rings. The zero-order chi connectivity index (χ0) is 20.7. The second kappa shape index (κ2) is 9.12. The Bertz CT molecular complexity index is 804. The number of ether oxygens (including phenoxy) is 2. The Kier molecular flexibility index (Phi) is 6.86. The molecule has 0 aliphatic rings. The van der Waals surface area contributed by atoms with Gasteiger partial charge in [0.1, 0.15) is 11.5 Å². The van der Waals surface area contributed by atoms with E-state index in [4.69, 9.17) is 9.84 Å². The summed E-state index contributed by atoms with van der Waals surface area (Å²) in [5.41, 5.74) is 1.32. The Morgan fingerprint density at radius 1 is 1.04 bits per heavy atom. The molecule has 0 saturated carbocycles. The van der Waals surface area contributed by atoms with Crippen molar-refractivity contribution in [3.05, 3.63) is 59.7 Å². The number of alkyl halides is 3. The number of amides is 1. The number of carboxylic acids is 1. The summed E-state index contributed by atoms with van der Waals surface area (Å²) in [5, 5.41) is 11.4. The molecule has 2 rings (SSSR count). The molecule has 6 nitrogen and oxygen atoms in total. The van der Waals surface area contributed by atoms with Crippen molar-refractivity contribution in [2.24, 2.45) is 0 Å². The van der Waals surface area contributed by atoms with Crippen LogP contribution in [0.1, 0.15) is 24.1 Å². The summed E-state index contributed by atoms with van der Waals surface area (Å²) in [5.74, 6) is -1.34. The maximum absolute atomic E-state index is 12.1. The first-order valence-electron chi connectivity index (χ1n) is 8.21. The van der Waals surface area contributed by atoms with Crippen LogP contribution in [0.3, 0.4) is 0 Å². The van der Waals surface area contributed by atoms with E-state index >= 15 is 0 Å². The Morgan fingerprint density at radius 2 is 1.61 bits per heavy atom. The van der Waals surface area contributed by atoms with E-state index in [1.807, 2.05) is 0 Å². The zero-order valence-electron chi connectivity index (χ0n) is 14.8. The fraction of sp³-hybridized carbons (Fsp3) is 0.263. The number of rotatable bonds is 8. The van der Waals surface area contributed by atoms with Crippen LogP contribution in [-0.2, 0) is 16.0 Å². The summed E-state index contributed by atoms with van der Waals surface area (Å²) in [6.07, 6.45) is -4.76. The molecule has 1 amide bonds. The van der Waals surface area contributed by atoms with Gasteiger partial charge in [0.05, 0.1) is 12.5 Å². The topological polar surface area (TPSA) is 84.9 Å². The highest BCUT2D eigenvalue weighted by Crippen LogP contribution is 2.23. The van der Waals surface area contributed by atoms with Crippen molar-refractivity contribution < 1.29 is 37.3 Å². The van der Waals surface area contributed by atoms with Crippen molar-refractivity contribution in [3.63, 3.8) is 0 Å².